The average molecular weight is 359 g/mol. The quantitative estimate of drug-likeness (QED) is 0.744. The van der Waals surface area contributed by atoms with Crippen LogP contribution in [0.2, 0.25) is 0 Å². The van der Waals surface area contributed by atoms with Gasteiger partial charge in [-0.05, 0) is 38.1 Å². The fraction of sp³-hybridized carbons (Fsp3) is 0.533. The van der Waals surface area contributed by atoms with Crippen LogP contribution in [0.15, 0.2) is 23.1 Å². The Hall–Kier alpha value is -1.74. The minimum Gasteiger partial charge on any atom is -0.382 e. The second-order valence-corrected chi connectivity index (χ2v) is 8.29. The molecule has 0 saturated heterocycles. The van der Waals surface area contributed by atoms with Crippen LogP contribution in [-0.4, -0.2) is 40.4 Å². The number of anilines is 1. The van der Waals surface area contributed by atoms with Gasteiger partial charge in [-0.25, -0.2) is 21.9 Å². The van der Waals surface area contributed by atoms with E-state index in [2.05, 4.69) is 15.4 Å². The van der Waals surface area contributed by atoms with E-state index in [4.69, 9.17) is 0 Å². The SMILES string of the molecule is CNC(=O)c1cc(S(=O)(=O)NC)ccc1NC1CC2(C1)CC2(F)F. The molecule has 1 aromatic rings. The predicted molar refractivity (Wildman–Crippen MR) is 84.7 cm³/mol. The third-order valence-corrected chi connectivity index (χ3v) is 6.30. The monoisotopic (exact) mass is 359 g/mol. The molecule has 0 bridgehead atoms. The van der Waals surface area contributed by atoms with E-state index in [1.165, 1.54) is 32.3 Å². The molecule has 3 N–H and O–H groups in total. The second-order valence-electron chi connectivity index (χ2n) is 6.41. The first kappa shape index (κ1) is 17.1. The summed E-state index contributed by atoms with van der Waals surface area (Å²) in [7, 11) is -0.959. The number of carbonyl (C=O) groups is 1. The van der Waals surface area contributed by atoms with E-state index in [1.807, 2.05) is 0 Å². The number of amides is 1. The molecule has 2 aliphatic carbocycles. The maximum atomic E-state index is 13.3. The van der Waals surface area contributed by atoms with Crippen LogP contribution in [0.5, 0.6) is 0 Å². The van der Waals surface area contributed by atoms with E-state index in [1.54, 1.807) is 0 Å². The van der Waals surface area contributed by atoms with E-state index in [9.17, 15) is 22.0 Å². The predicted octanol–water partition coefficient (Wildman–Crippen LogP) is 1.55. The zero-order valence-electron chi connectivity index (χ0n) is 13.3. The molecule has 6 nitrogen and oxygen atoms in total. The molecule has 1 aromatic carbocycles. The summed E-state index contributed by atoms with van der Waals surface area (Å²) in [6, 6.07) is 3.99. The zero-order chi connectivity index (χ0) is 17.8. The molecule has 3 rings (SSSR count). The van der Waals surface area contributed by atoms with Crippen LogP contribution in [0.4, 0.5) is 14.5 Å². The topological polar surface area (TPSA) is 87.3 Å². The highest BCUT2D eigenvalue weighted by Crippen LogP contribution is 2.71. The third kappa shape index (κ3) is 2.65. The Morgan fingerprint density at radius 3 is 2.38 bits per heavy atom. The molecule has 0 heterocycles. The lowest BCUT2D eigenvalue weighted by molar-refractivity contribution is 0.0248. The van der Waals surface area contributed by atoms with Crippen molar-refractivity contribution in [3.05, 3.63) is 23.8 Å². The van der Waals surface area contributed by atoms with Gasteiger partial charge in [0.15, 0.2) is 0 Å². The standard InChI is InChI=1S/C15H19F2N3O3S/c1-18-13(21)11-5-10(24(22,23)19-2)3-4-12(11)20-9-6-14(7-9)8-15(14,16)17/h3-5,9,19-20H,6-8H2,1-2H3,(H,18,21). The fourth-order valence-corrected chi connectivity index (χ4v) is 4.04. The Morgan fingerprint density at radius 2 is 1.88 bits per heavy atom. The van der Waals surface area contributed by atoms with Crippen LogP contribution in [0.1, 0.15) is 29.6 Å². The molecule has 132 valence electrons. The summed E-state index contributed by atoms with van der Waals surface area (Å²) in [5, 5.41) is 5.54. The van der Waals surface area contributed by atoms with Crippen LogP contribution >= 0.6 is 0 Å². The first-order valence-corrected chi connectivity index (χ1v) is 9.06. The van der Waals surface area contributed by atoms with Gasteiger partial charge >= 0.3 is 0 Å². The van der Waals surface area contributed by atoms with Crippen molar-refractivity contribution >= 4 is 21.6 Å². The van der Waals surface area contributed by atoms with Gasteiger partial charge in [0.25, 0.3) is 11.8 Å². The summed E-state index contributed by atoms with van der Waals surface area (Å²) in [4.78, 5) is 12.0. The Bertz CT molecular complexity index is 789. The van der Waals surface area contributed by atoms with Gasteiger partial charge in [-0.2, -0.15) is 0 Å². The van der Waals surface area contributed by atoms with Gasteiger partial charge < -0.3 is 10.6 Å². The molecule has 9 heteroatoms. The molecular weight excluding hydrogens is 340 g/mol. The molecule has 2 aliphatic rings. The maximum absolute atomic E-state index is 13.3. The number of halogens is 2. The van der Waals surface area contributed by atoms with Gasteiger partial charge in [0.2, 0.25) is 10.0 Å². The van der Waals surface area contributed by atoms with Crippen LogP contribution in [0.3, 0.4) is 0 Å². The Morgan fingerprint density at radius 1 is 1.25 bits per heavy atom. The van der Waals surface area contributed by atoms with Crippen LogP contribution in [0, 0.1) is 5.41 Å². The lowest BCUT2D eigenvalue weighted by atomic mass is 9.76. The van der Waals surface area contributed by atoms with E-state index in [-0.39, 0.29) is 22.9 Å². The second kappa shape index (κ2) is 5.38. The zero-order valence-corrected chi connectivity index (χ0v) is 14.1. The van der Waals surface area contributed by atoms with E-state index < -0.39 is 27.3 Å². The summed E-state index contributed by atoms with van der Waals surface area (Å²) in [5.41, 5.74) is -0.265. The van der Waals surface area contributed by atoms with Crippen molar-refractivity contribution in [3.63, 3.8) is 0 Å². The molecule has 2 fully saturated rings. The Balaban J connectivity index is 1.82. The minimum atomic E-state index is -3.68. The molecule has 1 spiro atoms. The third-order valence-electron chi connectivity index (χ3n) is 4.89. The molecule has 0 aromatic heterocycles. The summed E-state index contributed by atoms with van der Waals surface area (Å²) in [6.45, 7) is 0. The first-order chi connectivity index (χ1) is 11.1. The van der Waals surface area contributed by atoms with Crippen LogP contribution in [-0.2, 0) is 10.0 Å². The van der Waals surface area contributed by atoms with Crippen LogP contribution in [0.25, 0.3) is 0 Å². The summed E-state index contributed by atoms with van der Waals surface area (Å²) in [6.07, 6.45) is 0.632. The van der Waals surface area contributed by atoms with Crippen molar-refractivity contribution < 1.29 is 22.0 Å². The highest BCUT2D eigenvalue weighted by molar-refractivity contribution is 7.89. The molecule has 0 aliphatic heterocycles. The van der Waals surface area contributed by atoms with Gasteiger partial charge in [-0.15, -0.1) is 0 Å². The largest absolute Gasteiger partial charge is 0.382 e. The highest BCUT2D eigenvalue weighted by Gasteiger charge is 2.75. The number of sulfonamides is 1. The lowest BCUT2D eigenvalue weighted by Gasteiger charge is -2.37. The summed E-state index contributed by atoms with van der Waals surface area (Å²) >= 11 is 0. The number of hydrogen-bond donors (Lipinski definition) is 3. The van der Waals surface area contributed by atoms with Gasteiger partial charge in [0.05, 0.1) is 10.5 Å². The van der Waals surface area contributed by atoms with Crippen molar-refractivity contribution in [2.75, 3.05) is 19.4 Å². The minimum absolute atomic E-state index is 0.0343. The van der Waals surface area contributed by atoms with Crippen molar-refractivity contribution in [2.24, 2.45) is 5.41 Å². The normalized spacial score (nSPS) is 27.4. The van der Waals surface area contributed by atoms with Crippen LogP contribution < -0.4 is 15.4 Å². The summed E-state index contributed by atoms with van der Waals surface area (Å²) < 4.78 is 52.5. The number of hydrogen-bond acceptors (Lipinski definition) is 4. The first-order valence-electron chi connectivity index (χ1n) is 7.58. The smallest absolute Gasteiger partial charge is 0.254 e. The molecule has 24 heavy (non-hydrogen) atoms. The molecule has 0 atom stereocenters. The van der Waals surface area contributed by atoms with Crippen molar-refractivity contribution in [2.45, 2.75) is 36.1 Å². The highest BCUT2D eigenvalue weighted by atomic mass is 32.2. The summed E-state index contributed by atoms with van der Waals surface area (Å²) in [5.74, 6) is -3.02. The fourth-order valence-electron chi connectivity index (χ4n) is 3.29. The molecule has 1 amide bonds. The molecule has 0 radical (unpaired) electrons. The number of nitrogens with one attached hydrogen (secondary N) is 3. The van der Waals surface area contributed by atoms with E-state index >= 15 is 0 Å². The van der Waals surface area contributed by atoms with Crippen molar-refractivity contribution in [1.82, 2.24) is 10.0 Å². The Kier molecular flexibility index (Phi) is 3.83. The average Bonchev–Trinajstić information content (AvgIpc) is 3.08. The van der Waals surface area contributed by atoms with Gasteiger partial charge in [0, 0.05) is 30.6 Å². The van der Waals surface area contributed by atoms with Gasteiger partial charge in [-0.1, -0.05) is 0 Å². The number of alkyl halides is 2. The van der Waals surface area contributed by atoms with E-state index in [0.717, 1.165) is 0 Å². The number of benzene rings is 1. The van der Waals surface area contributed by atoms with Crippen molar-refractivity contribution in [3.8, 4) is 0 Å². The van der Waals surface area contributed by atoms with E-state index in [0.29, 0.717) is 18.5 Å². The number of rotatable bonds is 5. The molecule has 0 unspecified atom stereocenters. The molecule has 2 saturated carbocycles. The molecular formula is C15H19F2N3O3S. The lowest BCUT2D eigenvalue weighted by Crippen LogP contribution is -2.40. The Labute approximate surface area is 139 Å². The van der Waals surface area contributed by atoms with Gasteiger partial charge in [0.1, 0.15) is 0 Å². The van der Waals surface area contributed by atoms with Gasteiger partial charge in [-0.3, -0.25) is 4.79 Å². The number of carbonyl (C=O) groups excluding carboxylic acids is 1. The van der Waals surface area contributed by atoms with Crippen molar-refractivity contribution in [1.29, 1.82) is 0 Å². The maximum Gasteiger partial charge on any atom is 0.254 e.